The molecule has 1 heteroatoms. The fourth-order valence-corrected chi connectivity index (χ4v) is 0.707. The van der Waals surface area contributed by atoms with Gasteiger partial charge in [0.2, 0.25) is 0 Å². The highest BCUT2D eigenvalue weighted by Crippen LogP contribution is 2.23. The summed E-state index contributed by atoms with van der Waals surface area (Å²) in [5, 5.41) is 0. The third-order valence-corrected chi connectivity index (χ3v) is 2.32. The zero-order valence-corrected chi connectivity index (χ0v) is 12.6. The van der Waals surface area contributed by atoms with E-state index in [0.29, 0.717) is 11.5 Å². The van der Waals surface area contributed by atoms with Crippen LogP contribution in [-0.4, -0.2) is 11.7 Å². The Morgan fingerprint density at radius 1 is 0.733 bits per heavy atom. The molecule has 0 heterocycles. The van der Waals surface area contributed by atoms with E-state index in [4.69, 9.17) is 4.74 Å². The third kappa shape index (κ3) is 16.6. The predicted octanol–water partition coefficient (Wildman–Crippen LogP) is 4.90. The molecule has 0 aromatic carbocycles. The lowest BCUT2D eigenvalue weighted by Crippen LogP contribution is -2.23. The molecule has 0 fully saturated rings. The molecule has 0 N–H and O–H groups in total. The first-order chi connectivity index (χ1) is 6.36. The van der Waals surface area contributed by atoms with Crippen LogP contribution in [0.2, 0.25) is 0 Å². The van der Waals surface area contributed by atoms with Crippen LogP contribution in [0.5, 0.6) is 0 Å². The van der Waals surface area contributed by atoms with Gasteiger partial charge in [-0.15, -0.1) is 0 Å². The van der Waals surface area contributed by atoms with Gasteiger partial charge in [-0.05, 0) is 46.0 Å². The zero-order chi connectivity index (χ0) is 12.9. The maximum Gasteiger partial charge on any atom is 0.0601 e. The molecule has 0 spiro atoms. The van der Waals surface area contributed by atoms with E-state index in [9.17, 15) is 0 Å². The molecule has 0 atom stereocenters. The SMILES string of the molecule is CC(C)C(C)(C)C.CC(C)OC(C)(C)C. The third-order valence-electron chi connectivity index (χ3n) is 2.32. The number of rotatable bonds is 1. The van der Waals surface area contributed by atoms with Gasteiger partial charge in [-0.2, -0.15) is 0 Å². The average molecular weight is 216 g/mol. The fraction of sp³-hybridized carbons (Fsp3) is 1.00. The standard InChI is InChI=1S/C7H16O.C7H16/c1-6(2)8-7(3,4)5;1-6(2)7(3,4)5/h6H,1-5H3;6H,1-5H3. The molecular formula is C14H32O. The van der Waals surface area contributed by atoms with E-state index < -0.39 is 0 Å². The van der Waals surface area contributed by atoms with Gasteiger partial charge in [0.25, 0.3) is 0 Å². The minimum Gasteiger partial charge on any atom is -0.373 e. The van der Waals surface area contributed by atoms with Gasteiger partial charge >= 0.3 is 0 Å². The van der Waals surface area contributed by atoms with Crippen LogP contribution in [-0.2, 0) is 4.74 Å². The number of hydrogen-bond donors (Lipinski definition) is 0. The average Bonchev–Trinajstić information content (AvgIpc) is 1.78. The summed E-state index contributed by atoms with van der Waals surface area (Å²) in [7, 11) is 0. The normalized spacial score (nSPS) is 12.8. The molecule has 0 amide bonds. The number of hydrogen-bond acceptors (Lipinski definition) is 1. The lowest BCUT2D eigenvalue weighted by Gasteiger charge is -2.22. The maximum absolute atomic E-state index is 5.44. The van der Waals surface area contributed by atoms with Crippen molar-refractivity contribution in [3.8, 4) is 0 Å². The molecule has 1 nitrogen and oxygen atoms in total. The summed E-state index contributed by atoms with van der Waals surface area (Å²) in [6, 6.07) is 0. The minimum atomic E-state index is 0.0220. The molecule has 0 aliphatic heterocycles. The van der Waals surface area contributed by atoms with Crippen molar-refractivity contribution in [2.75, 3.05) is 0 Å². The summed E-state index contributed by atoms with van der Waals surface area (Å²) in [6.45, 7) is 21.6. The molecular weight excluding hydrogens is 184 g/mol. The lowest BCUT2D eigenvalue weighted by atomic mass is 9.84. The van der Waals surface area contributed by atoms with Crippen LogP contribution in [0, 0.1) is 11.3 Å². The van der Waals surface area contributed by atoms with E-state index in [1.165, 1.54) is 0 Å². The Bertz CT molecular complexity index is 144. The van der Waals surface area contributed by atoms with Crippen molar-refractivity contribution < 1.29 is 4.74 Å². The van der Waals surface area contributed by atoms with Gasteiger partial charge in [0.05, 0.1) is 11.7 Å². The van der Waals surface area contributed by atoms with Crippen LogP contribution in [0.25, 0.3) is 0 Å². The second kappa shape index (κ2) is 6.52. The summed E-state index contributed by atoms with van der Waals surface area (Å²) < 4.78 is 5.44. The Morgan fingerprint density at radius 3 is 1.00 bits per heavy atom. The van der Waals surface area contributed by atoms with Gasteiger partial charge in [0, 0.05) is 0 Å². The molecule has 0 unspecified atom stereocenters. The molecule has 0 saturated heterocycles. The first kappa shape index (κ1) is 17.4. The summed E-state index contributed by atoms with van der Waals surface area (Å²) >= 11 is 0. The minimum absolute atomic E-state index is 0.0220. The molecule has 0 aliphatic carbocycles. The number of ether oxygens (including phenoxy) is 1. The molecule has 0 aliphatic rings. The Hall–Kier alpha value is -0.0400. The van der Waals surface area contributed by atoms with Crippen molar-refractivity contribution >= 4 is 0 Å². The van der Waals surface area contributed by atoms with Crippen LogP contribution >= 0.6 is 0 Å². The second-order valence-electron chi connectivity index (χ2n) is 6.80. The summed E-state index contributed by atoms with van der Waals surface area (Å²) in [4.78, 5) is 0. The molecule has 0 bridgehead atoms. The Balaban J connectivity index is 0. The van der Waals surface area contributed by atoms with E-state index in [2.05, 4.69) is 55.4 Å². The van der Waals surface area contributed by atoms with Crippen LogP contribution in [0.4, 0.5) is 0 Å². The lowest BCUT2D eigenvalue weighted by molar-refractivity contribution is -0.0424. The van der Waals surface area contributed by atoms with Crippen molar-refractivity contribution in [1.82, 2.24) is 0 Å². The van der Waals surface area contributed by atoms with Gasteiger partial charge in [0.15, 0.2) is 0 Å². The summed E-state index contributed by atoms with van der Waals surface area (Å²) in [5.74, 6) is 0.799. The topological polar surface area (TPSA) is 9.23 Å². The van der Waals surface area contributed by atoms with Crippen molar-refractivity contribution in [3.63, 3.8) is 0 Å². The highest BCUT2D eigenvalue weighted by molar-refractivity contribution is 4.64. The first-order valence-electron chi connectivity index (χ1n) is 6.04. The Morgan fingerprint density at radius 2 is 1.00 bits per heavy atom. The van der Waals surface area contributed by atoms with Crippen molar-refractivity contribution in [3.05, 3.63) is 0 Å². The predicted molar refractivity (Wildman–Crippen MR) is 70.3 cm³/mol. The first-order valence-corrected chi connectivity index (χ1v) is 6.04. The molecule has 0 radical (unpaired) electrons. The van der Waals surface area contributed by atoms with Crippen molar-refractivity contribution in [2.45, 2.75) is 80.9 Å². The van der Waals surface area contributed by atoms with E-state index in [1.807, 2.05) is 13.8 Å². The smallest absolute Gasteiger partial charge is 0.0601 e. The molecule has 94 valence electrons. The van der Waals surface area contributed by atoms with Crippen LogP contribution in [0.15, 0.2) is 0 Å². The monoisotopic (exact) mass is 216 g/mol. The fourth-order valence-electron chi connectivity index (χ4n) is 0.707. The largest absolute Gasteiger partial charge is 0.373 e. The van der Waals surface area contributed by atoms with E-state index in [0.717, 1.165) is 5.92 Å². The van der Waals surface area contributed by atoms with Gasteiger partial charge in [-0.25, -0.2) is 0 Å². The second-order valence-corrected chi connectivity index (χ2v) is 6.80. The van der Waals surface area contributed by atoms with Crippen molar-refractivity contribution in [1.29, 1.82) is 0 Å². The Kier molecular flexibility index (Phi) is 7.55. The molecule has 0 rings (SSSR count). The summed E-state index contributed by atoms with van der Waals surface area (Å²) in [6.07, 6.45) is 0.343. The molecule has 0 aromatic heterocycles. The summed E-state index contributed by atoms with van der Waals surface area (Å²) in [5.41, 5.74) is 0.522. The molecule has 0 saturated carbocycles. The van der Waals surface area contributed by atoms with E-state index in [-0.39, 0.29) is 5.60 Å². The van der Waals surface area contributed by atoms with E-state index in [1.54, 1.807) is 0 Å². The molecule has 0 aromatic rings. The maximum atomic E-state index is 5.44. The zero-order valence-electron chi connectivity index (χ0n) is 12.6. The highest BCUT2D eigenvalue weighted by atomic mass is 16.5. The molecule has 15 heavy (non-hydrogen) atoms. The van der Waals surface area contributed by atoms with Gasteiger partial charge in [-0.1, -0.05) is 34.6 Å². The van der Waals surface area contributed by atoms with Gasteiger partial charge in [-0.3, -0.25) is 0 Å². The van der Waals surface area contributed by atoms with Crippen LogP contribution in [0.1, 0.15) is 69.2 Å². The van der Waals surface area contributed by atoms with Crippen LogP contribution in [0.3, 0.4) is 0 Å². The van der Waals surface area contributed by atoms with Gasteiger partial charge < -0.3 is 4.74 Å². The highest BCUT2D eigenvalue weighted by Gasteiger charge is 2.13. The van der Waals surface area contributed by atoms with E-state index >= 15 is 0 Å². The van der Waals surface area contributed by atoms with Gasteiger partial charge in [0.1, 0.15) is 0 Å². The van der Waals surface area contributed by atoms with Crippen molar-refractivity contribution in [2.24, 2.45) is 11.3 Å². The quantitative estimate of drug-likeness (QED) is 0.606. The Labute approximate surface area is 97.6 Å². The van der Waals surface area contributed by atoms with Crippen LogP contribution < -0.4 is 0 Å².